The third-order valence-electron chi connectivity index (χ3n) is 3.41. The third-order valence-corrected chi connectivity index (χ3v) is 5.52. The minimum Gasteiger partial charge on any atom is -0.494 e. The van der Waals surface area contributed by atoms with Gasteiger partial charge in [0.2, 0.25) is 0 Å². The highest BCUT2D eigenvalue weighted by atomic mass is 32.2. The van der Waals surface area contributed by atoms with Crippen molar-refractivity contribution in [2.75, 3.05) is 6.61 Å². The van der Waals surface area contributed by atoms with Crippen LogP contribution in [0.2, 0.25) is 0 Å². The van der Waals surface area contributed by atoms with Gasteiger partial charge < -0.3 is 9.72 Å². The molecule has 2 aromatic carbocycles. The van der Waals surface area contributed by atoms with E-state index in [9.17, 15) is 0 Å². The minimum absolute atomic E-state index is 0.666. The van der Waals surface area contributed by atoms with Crippen LogP contribution in [-0.4, -0.2) is 21.6 Å². The van der Waals surface area contributed by atoms with Crippen molar-refractivity contribution in [2.24, 2.45) is 0 Å². The number of aromatic nitrogens is 3. The second-order valence-corrected chi connectivity index (χ2v) is 7.10. The highest BCUT2D eigenvalue weighted by Gasteiger charge is 2.08. The molecule has 23 heavy (non-hydrogen) atoms. The molecule has 4 nitrogen and oxygen atoms in total. The van der Waals surface area contributed by atoms with Crippen LogP contribution in [0.15, 0.2) is 47.6 Å². The van der Waals surface area contributed by atoms with Crippen molar-refractivity contribution in [2.45, 2.75) is 17.8 Å². The van der Waals surface area contributed by atoms with Gasteiger partial charge in [0, 0.05) is 6.07 Å². The van der Waals surface area contributed by atoms with Crippen LogP contribution in [0.5, 0.6) is 5.75 Å². The van der Waals surface area contributed by atoms with Crippen LogP contribution >= 0.6 is 23.1 Å². The summed E-state index contributed by atoms with van der Waals surface area (Å²) in [6.45, 7) is 2.65. The number of aromatic amines is 1. The SMILES string of the molecule is CCOc1ccc2nc(SCc3nc4ccccc4s3)[nH]c2c1. The van der Waals surface area contributed by atoms with Crippen molar-refractivity contribution in [3.63, 3.8) is 0 Å². The van der Waals surface area contributed by atoms with Crippen LogP contribution in [0.25, 0.3) is 21.3 Å². The van der Waals surface area contributed by atoms with E-state index in [1.54, 1.807) is 23.1 Å². The number of rotatable bonds is 5. The summed E-state index contributed by atoms with van der Waals surface area (Å²) >= 11 is 3.41. The first-order valence-corrected chi connectivity index (χ1v) is 9.22. The number of imidazole rings is 1. The van der Waals surface area contributed by atoms with Gasteiger partial charge >= 0.3 is 0 Å². The number of para-hydroxylation sites is 1. The predicted octanol–water partition coefficient (Wildman–Crippen LogP) is 4.86. The minimum atomic E-state index is 0.666. The average molecular weight is 341 g/mol. The van der Waals surface area contributed by atoms with Crippen LogP contribution < -0.4 is 4.74 Å². The smallest absolute Gasteiger partial charge is 0.166 e. The van der Waals surface area contributed by atoms with E-state index in [0.717, 1.165) is 38.2 Å². The topological polar surface area (TPSA) is 50.8 Å². The Balaban J connectivity index is 1.52. The number of benzene rings is 2. The number of fused-ring (bicyclic) bond motifs is 2. The molecule has 0 spiro atoms. The largest absolute Gasteiger partial charge is 0.494 e. The number of nitrogens with zero attached hydrogens (tertiary/aromatic N) is 2. The summed E-state index contributed by atoms with van der Waals surface area (Å²) in [5, 5.41) is 2.03. The molecule has 2 heterocycles. The summed E-state index contributed by atoms with van der Waals surface area (Å²) in [5.41, 5.74) is 3.03. The fourth-order valence-corrected chi connectivity index (χ4v) is 4.25. The molecule has 0 radical (unpaired) electrons. The monoisotopic (exact) mass is 341 g/mol. The van der Waals surface area contributed by atoms with Crippen molar-refractivity contribution in [3.05, 3.63) is 47.5 Å². The highest BCUT2D eigenvalue weighted by molar-refractivity contribution is 7.98. The molecule has 0 aliphatic heterocycles. The van der Waals surface area contributed by atoms with Gasteiger partial charge in [0.15, 0.2) is 5.16 Å². The van der Waals surface area contributed by atoms with Gasteiger partial charge in [-0.3, -0.25) is 0 Å². The lowest BCUT2D eigenvalue weighted by Crippen LogP contribution is -1.90. The molecule has 0 aliphatic rings. The van der Waals surface area contributed by atoms with E-state index < -0.39 is 0 Å². The molecule has 4 aromatic rings. The van der Waals surface area contributed by atoms with Gasteiger partial charge in [-0.05, 0) is 31.2 Å². The molecule has 0 fully saturated rings. The Morgan fingerprint density at radius 2 is 2.04 bits per heavy atom. The van der Waals surface area contributed by atoms with E-state index in [2.05, 4.69) is 27.1 Å². The van der Waals surface area contributed by atoms with Gasteiger partial charge in [0.25, 0.3) is 0 Å². The Morgan fingerprint density at radius 1 is 1.13 bits per heavy atom. The van der Waals surface area contributed by atoms with E-state index >= 15 is 0 Å². The van der Waals surface area contributed by atoms with Gasteiger partial charge in [0.1, 0.15) is 10.8 Å². The Kier molecular flexibility index (Phi) is 3.93. The van der Waals surface area contributed by atoms with Gasteiger partial charge in [-0.25, -0.2) is 9.97 Å². The van der Waals surface area contributed by atoms with Crippen LogP contribution in [-0.2, 0) is 5.75 Å². The van der Waals surface area contributed by atoms with Crippen LogP contribution in [0, 0.1) is 0 Å². The lowest BCUT2D eigenvalue weighted by Gasteiger charge is -2.00. The number of hydrogen-bond acceptors (Lipinski definition) is 5. The predicted molar refractivity (Wildman–Crippen MR) is 96.4 cm³/mol. The quantitative estimate of drug-likeness (QED) is 0.527. The van der Waals surface area contributed by atoms with E-state index in [1.807, 2.05) is 37.3 Å². The maximum atomic E-state index is 5.52. The Hall–Kier alpha value is -2.05. The molecule has 0 unspecified atom stereocenters. The number of thioether (sulfide) groups is 1. The van der Waals surface area contributed by atoms with E-state index in [4.69, 9.17) is 4.74 Å². The van der Waals surface area contributed by atoms with Gasteiger partial charge in [-0.15, -0.1) is 11.3 Å². The Morgan fingerprint density at radius 3 is 2.91 bits per heavy atom. The Bertz CT molecular complexity index is 928. The summed E-state index contributed by atoms with van der Waals surface area (Å²) in [6.07, 6.45) is 0. The van der Waals surface area contributed by atoms with E-state index in [0.29, 0.717) is 6.61 Å². The summed E-state index contributed by atoms with van der Waals surface area (Å²) in [4.78, 5) is 12.6. The highest BCUT2D eigenvalue weighted by Crippen LogP contribution is 2.29. The second-order valence-electron chi connectivity index (χ2n) is 5.02. The van der Waals surface area contributed by atoms with Gasteiger partial charge in [-0.1, -0.05) is 23.9 Å². The molecule has 1 N–H and O–H groups in total. The molecule has 6 heteroatoms. The second kappa shape index (κ2) is 6.22. The number of ether oxygens (including phenoxy) is 1. The standard InChI is InChI=1S/C17H15N3OS2/c1-2-21-11-7-8-12-14(9-11)20-17(19-12)22-10-16-18-13-5-3-4-6-15(13)23-16/h3-9H,2,10H2,1H3,(H,19,20). The van der Waals surface area contributed by atoms with Crippen molar-refractivity contribution >= 4 is 44.3 Å². The molecule has 0 bridgehead atoms. The summed E-state index contributed by atoms with van der Waals surface area (Å²) in [5.74, 6) is 1.68. The molecule has 0 amide bonds. The number of hydrogen-bond donors (Lipinski definition) is 1. The molecule has 0 saturated carbocycles. The molecule has 4 rings (SSSR count). The maximum absolute atomic E-state index is 5.52. The number of H-pyrrole nitrogens is 1. The number of nitrogens with one attached hydrogen (secondary N) is 1. The summed E-state index contributed by atoms with van der Waals surface area (Å²) in [6, 6.07) is 14.2. The third kappa shape index (κ3) is 3.04. The van der Waals surface area contributed by atoms with Crippen molar-refractivity contribution in [1.82, 2.24) is 15.0 Å². The van der Waals surface area contributed by atoms with Gasteiger partial charge in [0.05, 0.1) is 33.6 Å². The molecule has 116 valence electrons. The molecular formula is C17H15N3OS2. The molecule has 2 aromatic heterocycles. The van der Waals surface area contributed by atoms with Gasteiger partial charge in [-0.2, -0.15) is 0 Å². The first kappa shape index (κ1) is 14.5. The Labute approximate surface area is 141 Å². The van der Waals surface area contributed by atoms with E-state index in [-0.39, 0.29) is 0 Å². The zero-order valence-electron chi connectivity index (χ0n) is 12.6. The molecule has 0 aliphatic carbocycles. The van der Waals surface area contributed by atoms with Crippen LogP contribution in [0.1, 0.15) is 11.9 Å². The lowest BCUT2D eigenvalue weighted by molar-refractivity contribution is 0.340. The summed E-state index contributed by atoms with van der Waals surface area (Å²) < 4.78 is 6.75. The van der Waals surface area contributed by atoms with Crippen LogP contribution in [0.4, 0.5) is 0 Å². The summed E-state index contributed by atoms with van der Waals surface area (Å²) in [7, 11) is 0. The van der Waals surface area contributed by atoms with Crippen LogP contribution in [0.3, 0.4) is 0 Å². The fraction of sp³-hybridized carbons (Fsp3) is 0.176. The van der Waals surface area contributed by atoms with E-state index in [1.165, 1.54) is 4.70 Å². The van der Waals surface area contributed by atoms with Crippen molar-refractivity contribution in [1.29, 1.82) is 0 Å². The fourth-order valence-electron chi connectivity index (χ4n) is 2.40. The van der Waals surface area contributed by atoms with Crippen molar-refractivity contribution < 1.29 is 4.74 Å². The molecule has 0 atom stereocenters. The zero-order valence-corrected chi connectivity index (χ0v) is 14.2. The first-order valence-electron chi connectivity index (χ1n) is 7.41. The maximum Gasteiger partial charge on any atom is 0.166 e. The zero-order chi connectivity index (χ0) is 15.6. The number of thiazole rings is 1. The first-order chi connectivity index (χ1) is 11.3. The average Bonchev–Trinajstić information content (AvgIpc) is 3.15. The molecule has 0 saturated heterocycles. The normalized spacial score (nSPS) is 11.3. The van der Waals surface area contributed by atoms with Crippen molar-refractivity contribution in [3.8, 4) is 5.75 Å². The molecular weight excluding hydrogens is 326 g/mol. The lowest BCUT2D eigenvalue weighted by atomic mass is 10.3.